The van der Waals surface area contributed by atoms with E-state index in [2.05, 4.69) is 21.6 Å². The van der Waals surface area contributed by atoms with Crippen LogP contribution in [0, 0.1) is 10.1 Å². The second-order valence-corrected chi connectivity index (χ2v) is 6.92. The average molecular weight is 352 g/mol. The number of non-ortho nitro benzene ring substituents is 1. The molecule has 0 aromatic heterocycles. The summed E-state index contributed by atoms with van der Waals surface area (Å²) in [5, 5.41) is 22.6. The Morgan fingerprint density at radius 3 is 2.46 bits per heavy atom. The molecule has 2 heterocycles. The van der Waals surface area contributed by atoms with Crippen molar-refractivity contribution in [3.8, 4) is 0 Å². The van der Waals surface area contributed by atoms with Crippen molar-refractivity contribution in [3.63, 3.8) is 0 Å². The molecule has 0 saturated carbocycles. The summed E-state index contributed by atoms with van der Waals surface area (Å²) in [4.78, 5) is 12.7. The van der Waals surface area contributed by atoms with Gasteiger partial charge in [-0.05, 0) is 43.5 Å². The lowest BCUT2D eigenvalue weighted by Crippen LogP contribution is -2.41. The normalized spacial score (nSPS) is 22.9. The molecule has 134 valence electrons. The number of amidine groups is 1. The second kappa shape index (κ2) is 6.53. The van der Waals surface area contributed by atoms with Crippen LogP contribution in [0.15, 0.2) is 54.6 Å². The Morgan fingerprint density at radius 1 is 1.04 bits per heavy atom. The SMILES string of the molecule is O=[N+]([O-])c1ccc([C@@]2(O)CN(c3ccccc3)C3=[N+]2CCCCC3)cc1. The average Bonchev–Trinajstić information content (AvgIpc) is 2.82. The number of hydrogen-bond acceptors (Lipinski definition) is 4. The van der Waals surface area contributed by atoms with E-state index in [-0.39, 0.29) is 5.69 Å². The van der Waals surface area contributed by atoms with E-state index in [0.29, 0.717) is 12.1 Å². The highest BCUT2D eigenvalue weighted by atomic mass is 16.6. The number of aliphatic hydroxyl groups is 1. The first-order valence-corrected chi connectivity index (χ1v) is 9.03. The quantitative estimate of drug-likeness (QED) is 0.523. The minimum absolute atomic E-state index is 0.0373. The Bertz CT molecular complexity index is 848. The van der Waals surface area contributed by atoms with Gasteiger partial charge in [0.1, 0.15) is 5.69 Å². The maximum atomic E-state index is 11.6. The highest BCUT2D eigenvalue weighted by Crippen LogP contribution is 2.35. The number of benzene rings is 2. The lowest BCUT2D eigenvalue weighted by Gasteiger charge is -2.23. The van der Waals surface area contributed by atoms with Gasteiger partial charge in [0.15, 0.2) is 6.54 Å². The van der Waals surface area contributed by atoms with Crippen LogP contribution in [0.1, 0.15) is 31.2 Å². The highest BCUT2D eigenvalue weighted by Gasteiger charge is 2.51. The summed E-state index contributed by atoms with van der Waals surface area (Å²) in [7, 11) is 0. The van der Waals surface area contributed by atoms with E-state index in [4.69, 9.17) is 0 Å². The van der Waals surface area contributed by atoms with Gasteiger partial charge in [-0.2, -0.15) is 0 Å². The van der Waals surface area contributed by atoms with Gasteiger partial charge in [-0.3, -0.25) is 10.1 Å². The van der Waals surface area contributed by atoms with Crippen molar-refractivity contribution >= 4 is 17.2 Å². The maximum absolute atomic E-state index is 11.6. The molecule has 2 aromatic rings. The Kier molecular flexibility index (Phi) is 4.20. The number of nitrogens with zero attached hydrogens (tertiary/aromatic N) is 3. The van der Waals surface area contributed by atoms with Gasteiger partial charge in [0.25, 0.3) is 17.2 Å². The first-order valence-electron chi connectivity index (χ1n) is 9.03. The van der Waals surface area contributed by atoms with Crippen molar-refractivity contribution in [1.29, 1.82) is 0 Å². The lowest BCUT2D eigenvalue weighted by molar-refractivity contribution is -0.658. The number of hydrogen-bond donors (Lipinski definition) is 1. The van der Waals surface area contributed by atoms with E-state index in [1.807, 2.05) is 18.2 Å². The third-order valence-corrected chi connectivity index (χ3v) is 5.34. The zero-order valence-electron chi connectivity index (χ0n) is 14.5. The third-order valence-electron chi connectivity index (χ3n) is 5.34. The van der Waals surface area contributed by atoms with Crippen molar-refractivity contribution in [1.82, 2.24) is 0 Å². The smallest absolute Gasteiger partial charge is 0.271 e. The van der Waals surface area contributed by atoms with Gasteiger partial charge in [0.05, 0.1) is 11.5 Å². The summed E-state index contributed by atoms with van der Waals surface area (Å²) in [5.41, 5.74) is 0.619. The number of rotatable bonds is 3. The van der Waals surface area contributed by atoms with E-state index in [1.54, 1.807) is 12.1 Å². The fourth-order valence-corrected chi connectivity index (χ4v) is 4.02. The zero-order chi connectivity index (χ0) is 18.1. The first kappa shape index (κ1) is 16.7. The van der Waals surface area contributed by atoms with Crippen molar-refractivity contribution in [2.45, 2.75) is 31.4 Å². The fraction of sp³-hybridized carbons (Fsp3) is 0.350. The molecule has 0 fully saturated rings. The Balaban J connectivity index is 1.78. The van der Waals surface area contributed by atoms with E-state index < -0.39 is 10.6 Å². The van der Waals surface area contributed by atoms with Gasteiger partial charge in [0, 0.05) is 24.1 Å². The van der Waals surface area contributed by atoms with Gasteiger partial charge < -0.3 is 5.11 Å². The number of para-hydroxylation sites is 1. The van der Waals surface area contributed by atoms with Gasteiger partial charge in [0.2, 0.25) is 0 Å². The Labute approximate surface area is 152 Å². The van der Waals surface area contributed by atoms with E-state index >= 15 is 0 Å². The van der Waals surface area contributed by atoms with E-state index in [9.17, 15) is 15.2 Å². The molecule has 0 spiro atoms. The number of β-amino-alcohol motifs (C(OH)–C–C–N with tert-alkyl or cyclic N) is 1. The van der Waals surface area contributed by atoms with E-state index in [0.717, 1.165) is 43.8 Å². The van der Waals surface area contributed by atoms with Gasteiger partial charge in [-0.1, -0.05) is 18.2 Å². The maximum Gasteiger partial charge on any atom is 0.271 e. The molecule has 4 rings (SSSR count). The summed E-state index contributed by atoms with van der Waals surface area (Å²) < 4.78 is 2.09. The number of nitro groups is 1. The molecule has 2 aliphatic rings. The highest BCUT2D eigenvalue weighted by molar-refractivity contribution is 5.95. The van der Waals surface area contributed by atoms with Crippen molar-refractivity contribution < 1.29 is 14.6 Å². The fourth-order valence-electron chi connectivity index (χ4n) is 4.02. The second-order valence-electron chi connectivity index (χ2n) is 6.92. The zero-order valence-corrected chi connectivity index (χ0v) is 14.5. The van der Waals surface area contributed by atoms with Crippen LogP contribution in [-0.2, 0) is 5.72 Å². The molecule has 0 unspecified atom stereocenters. The summed E-state index contributed by atoms with van der Waals surface area (Å²) in [6.45, 7) is 1.20. The molecule has 0 aliphatic carbocycles. The van der Waals surface area contributed by atoms with Crippen LogP contribution < -0.4 is 4.90 Å². The summed E-state index contributed by atoms with van der Waals surface area (Å²) in [6.07, 6.45) is 4.19. The molecule has 6 nitrogen and oxygen atoms in total. The van der Waals surface area contributed by atoms with Crippen LogP contribution in [0.4, 0.5) is 11.4 Å². The first-order chi connectivity index (χ1) is 12.6. The largest absolute Gasteiger partial charge is 0.346 e. The molecule has 0 radical (unpaired) electrons. The van der Waals surface area contributed by atoms with Crippen LogP contribution in [0.25, 0.3) is 0 Å². The lowest BCUT2D eigenvalue weighted by atomic mass is 10.0. The monoisotopic (exact) mass is 352 g/mol. The minimum atomic E-state index is -1.18. The van der Waals surface area contributed by atoms with Gasteiger partial charge in [-0.25, -0.2) is 9.48 Å². The molecule has 2 aliphatic heterocycles. The predicted octanol–water partition coefficient (Wildman–Crippen LogP) is 3.25. The summed E-state index contributed by atoms with van der Waals surface area (Å²) in [6, 6.07) is 16.4. The molecular weight excluding hydrogens is 330 g/mol. The number of nitro benzene ring substituents is 1. The summed E-state index contributed by atoms with van der Waals surface area (Å²) in [5.74, 6) is 1.13. The third kappa shape index (κ3) is 2.76. The summed E-state index contributed by atoms with van der Waals surface area (Å²) >= 11 is 0. The minimum Gasteiger partial charge on any atom is -0.346 e. The van der Waals surface area contributed by atoms with E-state index in [1.165, 1.54) is 12.1 Å². The molecule has 2 aromatic carbocycles. The van der Waals surface area contributed by atoms with Gasteiger partial charge in [-0.15, -0.1) is 0 Å². The molecule has 0 bridgehead atoms. The van der Waals surface area contributed by atoms with Crippen LogP contribution in [0.3, 0.4) is 0 Å². The topological polar surface area (TPSA) is 69.6 Å². The molecule has 0 saturated heterocycles. The van der Waals surface area contributed by atoms with Gasteiger partial charge >= 0.3 is 0 Å². The van der Waals surface area contributed by atoms with Crippen molar-refractivity contribution in [3.05, 3.63) is 70.3 Å². The molecule has 0 amide bonds. The molecule has 26 heavy (non-hydrogen) atoms. The standard InChI is InChI=1S/C20H22N3O3/c24-20(16-10-12-18(13-11-16)23(25)26)15-21(17-7-3-1-4-8-17)19-9-5-2-6-14-22(19)20/h1,3-4,7-8,10-13,24H,2,5-6,9,14-15H2/q+1/t20-/m0/s1. The van der Waals surface area contributed by atoms with Crippen molar-refractivity contribution in [2.24, 2.45) is 0 Å². The number of anilines is 1. The van der Waals surface area contributed by atoms with Crippen LogP contribution in [-0.4, -0.2) is 33.5 Å². The molecular formula is C20H22N3O3+. The van der Waals surface area contributed by atoms with Crippen molar-refractivity contribution in [2.75, 3.05) is 18.0 Å². The van der Waals surface area contributed by atoms with Crippen LogP contribution >= 0.6 is 0 Å². The van der Waals surface area contributed by atoms with Crippen LogP contribution in [0.5, 0.6) is 0 Å². The molecule has 6 heteroatoms. The molecule has 1 atom stereocenters. The predicted molar refractivity (Wildman–Crippen MR) is 99.4 cm³/mol. The van der Waals surface area contributed by atoms with Crippen LogP contribution in [0.2, 0.25) is 0 Å². The Hall–Kier alpha value is -2.73. The molecule has 1 N–H and O–H groups in total. The Morgan fingerprint density at radius 2 is 1.77 bits per heavy atom.